The Balaban J connectivity index is 1.94. The first kappa shape index (κ1) is 15.6. The topological polar surface area (TPSA) is 42.2 Å². The van der Waals surface area contributed by atoms with Crippen molar-refractivity contribution in [2.45, 2.75) is 32.6 Å². The number of furan rings is 1. The summed E-state index contributed by atoms with van der Waals surface area (Å²) in [5.74, 6) is 0.752. The Morgan fingerprint density at radius 3 is 2.71 bits per heavy atom. The van der Waals surface area contributed by atoms with E-state index in [1.54, 1.807) is 18.2 Å². The minimum Gasteiger partial charge on any atom is -0.451 e. The molecule has 0 atom stereocenters. The van der Waals surface area contributed by atoms with Gasteiger partial charge in [-0.3, -0.25) is 4.79 Å². The van der Waals surface area contributed by atoms with Crippen LogP contribution in [0.3, 0.4) is 0 Å². The number of hydrogen-bond acceptors (Lipinski definition) is 2. The summed E-state index contributed by atoms with van der Waals surface area (Å²) in [5, 5.41) is 3.48. The van der Waals surface area contributed by atoms with Crippen LogP contribution >= 0.6 is 11.6 Å². The molecule has 1 aromatic heterocycles. The fraction of sp³-hybridized carbons (Fsp3) is 0.353. The van der Waals surface area contributed by atoms with Gasteiger partial charge in [-0.15, -0.1) is 0 Å². The quantitative estimate of drug-likeness (QED) is 0.738. The molecule has 0 fully saturated rings. The molecule has 0 bridgehead atoms. The summed E-state index contributed by atoms with van der Waals surface area (Å²) in [6.45, 7) is 2.85. The van der Waals surface area contributed by atoms with Crippen molar-refractivity contribution in [2.75, 3.05) is 6.54 Å². The monoisotopic (exact) mass is 305 g/mol. The molecule has 0 aliphatic carbocycles. The number of carbonyl (C=O) groups excluding carboxylic acids is 1. The zero-order valence-corrected chi connectivity index (χ0v) is 13.0. The molecule has 0 aliphatic heterocycles. The zero-order valence-electron chi connectivity index (χ0n) is 12.2. The van der Waals surface area contributed by atoms with Gasteiger partial charge >= 0.3 is 0 Å². The number of unbranched alkanes of at least 4 members (excludes halogenated alkanes) is 3. The molecule has 1 aromatic carbocycles. The third-order valence-electron chi connectivity index (χ3n) is 3.28. The largest absolute Gasteiger partial charge is 0.451 e. The van der Waals surface area contributed by atoms with Gasteiger partial charge in [-0.2, -0.15) is 0 Å². The van der Waals surface area contributed by atoms with Crippen molar-refractivity contribution in [3.8, 4) is 11.3 Å². The second kappa shape index (κ2) is 7.89. The number of rotatable bonds is 7. The molecule has 0 unspecified atom stereocenters. The lowest BCUT2D eigenvalue weighted by Gasteiger charge is -2.03. The van der Waals surface area contributed by atoms with E-state index in [-0.39, 0.29) is 5.91 Å². The maximum Gasteiger partial charge on any atom is 0.287 e. The second-order valence-corrected chi connectivity index (χ2v) is 5.37. The van der Waals surface area contributed by atoms with Crippen LogP contribution in [0, 0.1) is 0 Å². The lowest BCUT2D eigenvalue weighted by atomic mass is 10.2. The van der Waals surface area contributed by atoms with E-state index in [0.29, 0.717) is 23.1 Å². The van der Waals surface area contributed by atoms with Crippen molar-refractivity contribution < 1.29 is 9.21 Å². The van der Waals surface area contributed by atoms with Crippen LogP contribution in [0.1, 0.15) is 43.2 Å². The molecule has 112 valence electrons. The minimum absolute atomic E-state index is 0.176. The summed E-state index contributed by atoms with van der Waals surface area (Å²) in [4.78, 5) is 12.0. The number of hydrogen-bond donors (Lipinski definition) is 1. The molecule has 0 spiro atoms. The molecule has 0 radical (unpaired) electrons. The van der Waals surface area contributed by atoms with Crippen LogP contribution in [-0.4, -0.2) is 12.5 Å². The van der Waals surface area contributed by atoms with Crippen molar-refractivity contribution in [3.05, 3.63) is 47.2 Å². The van der Waals surface area contributed by atoms with Crippen LogP contribution < -0.4 is 5.32 Å². The molecule has 2 rings (SSSR count). The SMILES string of the molecule is CCCCCCNC(=O)c1ccc(-c2ccccc2Cl)o1. The minimum atomic E-state index is -0.176. The van der Waals surface area contributed by atoms with Gasteiger partial charge in [0.2, 0.25) is 0 Å². The molecule has 1 heterocycles. The summed E-state index contributed by atoms with van der Waals surface area (Å²) >= 11 is 6.12. The number of carbonyl (C=O) groups is 1. The first-order valence-electron chi connectivity index (χ1n) is 7.35. The first-order valence-corrected chi connectivity index (χ1v) is 7.73. The predicted molar refractivity (Wildman–Crippen MR) is 85.6 cm³/mol. The molecule has 3 nitrogen and oxygen atoms in total. The maximum absolute atomic E-state index is 12.0. The highest BCUT2D eigenvalue weighted by Gasteiger charge is 2.13. The zero-order chi connectivity index (χ0) is 15.1. The normalized spacial score (nSPS) is 10.6. The van der Waals surface area contributed by atoms with Crippen LogP contribution in [0.4, 0.5) is 0 Å². The Morgan fingerprint density at radius 1 is 1.14 bits per heavy atom. The molecule has 0 saturated carbocycles. The van der Waals surface area contributed by atoms with Crippen molar-refractivity contribution in [3.63, 3.8) is 0 Å². The van der Waals surface area contributed by atoms with E-state index in [1.807, 2.05) is 18.2 Å². The summed E-state index contributed by atoms with van der Waals surface area (Å²) in [7, 11) is 0. The molecule has 0 aliphatic rings. The Bertz CT molecular complexity index is 592. The second-order valence-electron chi connectivity index (χ2n) is 4.96. The lowest BCUT2D eigenvalue weighted by Crippen LogP contribution is -2.23. The van der Waals surface area contributed by atoms with E-state index in [1.165, 1.54) is 12.8 Å². The Labute approximate surface area is 130 Å². The van der Waals surface area contributed by atoms with Gasteiger partial charge < -0.3 is 9.73 Å². The van der Waals surface area contributed by atoms with Gasteiger partial charge in [-0.1, -0.05) is 49.9 Å². The fourth-order valence-electron chi connectivity index (χ4n) is 2.11. The summed E-state index contributed by atoms with van der Waals surface area (Å²) in [6, 6.07) is 10.9. The van der Waals surface area contributed by atoms with Crippen LogP contribution in [0.5, 0.6) is 0 Å². The number of halogens is 1. The van der Waals surface area contributed by atoms with Gasteiger partial charge in [0.1, 0.15) is 5.76 Å². The van der Waals surface area contributed by atoms with Gasteiger partial charge in [0.15, 0.2) is 5.76 Å². The van der Waals surface area contributed by atoms with Gasteiger partial charge in [0, 0.05) is 12.1 Å². The van der Waals surface area contributed by atoms with Crippen molar-refractivity contribution in [1.29, 1.82) is 0 Å². The van der Waals surface area contributed by atoms with Crippen LogP contribution in [0.15, 0.2) is 40.8 Å². The summed E-state index contributed by atoms with van der Waals surface area (Å²) in [5.41, 5.74) is 0.793. The smallest absolute Gasteiger partial charge is 0.287 e. The van der Waals surface area contributed by atoms with E-state index in [2.05, 4.69) is 12.2 Å². The van der Waals surface area contributed by atoms with E-state index in [9.17, 15) is 4.79 Å². The van der Waals surface area contributed by atoms with Crippen LogP contribution in [0.2, 0.25) is 5.02 Å². The molecule has 1 amide bonds. The van der Waals surface area contributed by atoms with E-state index in [0.717, 1.165) is 18.4 Å². The van der Waals surface area contributed by atoms with Crippen molar-refractivity contribution in [2.24, 2.45) is 0 Å². The van der Waals surface area contributed by atoms with E-state index in [4.69, 9.17) is 16.0 Å². The molecule has 2 aromatic rings. The third kappa shape index (κ3) is 4.36. The fourth-order valence-corrected chi connectivity index (χ4v) is 2.34. The van der Waals surface area contributed by atoms with Gasteiger partial charge in [0.25, 0.3) is 5.91 Å². The number of benzene rings is 1. The highest BCUT2D eigenvalue weighted by atomic mass is 35.5. The predicted octanol–water partition coefficient (Wildman–Crippen LogP) is 4.91. The van der Waals surface area contributed by atoms with Crippen LogP contribution in [0.25, 0.3) is 11.3 Å². The molecule has 0 saturated heterocycles. The highest BCUT2D eigenvalue weighted by Crippen LogP contribution is 2.28. The molecular formula is C17H20ClNO2. The highest BCUT2D eigenvalue weighted by molar-refractivity contribution is 6.33. The molecular weight excluding hydrogens is 286 g/mol. The third-order valence-corrected chi connectivity index (χ3v) is 3.61. The van der Waals surface area contributed by atoms with Crippen molar-refractivity contribution in [1.82, 2.24) is 5.32 Å². The van der Waals surface area contributed by atoms with E-state index < -0.39 is 0 Å². The van der Waals surface area contributed by atoms with Gasteiger partial charge in [0.05, 0.1) is 5.02 Å². The standard InChI is InChI=1S/C17H20ClNO2/c1-2-3-4-7-12-19-17(20)16-11-10-15(21-16)13-8-5-6-9-14(13)18/h5-6,8-11H,2-4,7,12H2,1H3,(H,19,20). The van der Waals surface area contributed by atoms with Crippen molar-refractivity contribution >= 4 is 17.5 Å². The first-order chi connectivity index (χ1) is 10.2. The summed E-state index contributed by atoms with van der Waals surface area (Å²) < 4.78 is 5.59. The van der Waals surface area contributed by atoms with Gasteiger partial charge in [-0.05, 0) is 30.7 Å². The maximum atomic E-state index is 12.0. The van der Waals surface area contributed by atoms with Gasteiger partial charge in [-0.25, -0.2) is 0 Å². The van der Waals surface area contributed by atoms with E-state index >= 15 is 0 Å². The number of amides is 1. The lowest BCUT2D eigenvalue weighted by molar-refractivity contribution is 0.0926. The summed E-state index contributed by atoms with van der Waals surface area (Å²) in [6.07, 6.45) is 4.53. The number of nitrogens with one attached hydrogen (secondary N) is 1. The Kier molecular flexibility index (Phi) is 5.88. The average Bonchev–Trinajstić information content (AvgIpc) is 2.97. The Morgan fingerprint density at radius 2 is 1.95 bits per heavy atom. The van der Waals surface area contributed by atoms with Crippen LogP contribution in [-0.2, 0) is 0 Å². The molecule has 21 heavy (non-hydrogen) atoms. The Hall–Kier alpha value is -1.74. The molecule has 4 heteroatoms. The average molecular weight is 306 g/mol. The molecule has 1 N–H and O–H groups in total.